The van der Waals surface area contributed by atoms with Crippen molar-refractivity contribution in [2.24, 2.45) is 0 Å². The quantitative estimate of drug-likeness (QED) is 0.432. The number of carbonyl (C=O) groups excluding carboxylic acids is 1. The minimum absolute atomic E-state index is 0.0737. The SMILES string of the molecule is CCCc1nc(C(=O)NCCCN2CCN(c3cccc(C)c3C)CC2)c(C)n1-c1ccc(C)cc1. The number of amides is 1. The van der Waals surface area contributed by atoms with Crippen LogP contribution in [0, 0.1) is 27.7 Å². The summed E-state index contributed by atoms with van der Waals surface area (Å²) in [5.74, 6) is 0.876. The van der Waals surface area contributed by atoms with Crippen molar-refractivity contribution in [2.45, 2.75) is 53.9 Å². The number of carbonyl (C=O) groups is 1. The van der Waals surface area contributed by atoms with Crippen molar-refractivity contribution in [2.75, 3.05) is 44.2 Å². The van der Waals surface area contributed by atoms with E-state index >= 15 is 0 Å². The number of nitrogens with one attached hydrogen (secondary N) is 1. The van der Waals surface area contributed by atoms with E-state index in [-0.39, 0.29) is 5.91 Å². The lowest BCUT2D eigenvalue weighted by molar-refractivity contribution is 0.0946. The van der Waals surface area contributed by atoms with Gasteiger partial charge >= 0.3 is 0 Å². The van der Waals surface area contributed by atoms with Gasteiger partial charge in [0.15, 0.2) is 0 Å². The summed E-state index contributed by atoms with van der Waals surface area (Å²) in [5, 5.41) is 3.12. The van der Waals surface area contributed by atoms with E-state index in [0.717, 1.165) is 69.2 Å². The molecule has 0 aliphatic carbocycles. The molecule has 6 nitrogen and oxygen atoms in total. The highest BCUT2D eigenvalue weighted by molar-refractivity contribution is 5.93. The van der Waals surface area contributed by atoms with Crippen LogP contribution in [0.3, 0.4) is 0 Å². The van der Waals surface area contributed by atoms with Gasteiger partial charge in [0.05, 0.1) is 5.69 Å². The number of anilines is 1. The minimum Gasteiger partial charge on any atom is -0.369 e. The van der Waals surface area contributed by atoms with Crippen molar-refractivity contribution in [3.8, 4) is 5.69 Å². The number of imidazole rings is 1. The maximum Gasteiger partial charge on any atom is 0.271 e. The number of aryl methyl sites for hydroxylation is 3. The summed E-state index contributed by atoms with van der Waals surface area (Å²) in [4.78, 5) is 22.8. The van der Waals surface area contributed by atoms with Gasteiger partial charge in [0.1, 0.15) is 11.5 Å². The minimum atomic E-state index is -0.0737. The normalized spacial score (nSPS) is 14.3. The lowest BCUT2D eigenvalue weighted by Gasteiger charge is -2.37. The van der Waals surface area contributed by atoms with Crippen LogP contribution in [0.25, 0.3) is 5.69 Å². The molecule has 192 valence electrons. The Labute approximate surface area is 216 Å². The summed E-state index contributed by atoms with van der Waals surface area (Å²) >= 11 is 0. The second-order valence-electron chi connectivity index (χ2n) is 10.0. The molecule has 4 rings (SSSR count). The molecule has 0 saturated carbocycles. The third-order valence-corrected chi connectivity index (χ3v) is 7.38. The molecule has 1 N–H and O–H groups in total. The predicted octanol–water partition coefficient (Wildman–Crippen LogP) is 5.00. The van der Waals surface area contributed by atoms with Crippen LogP contribution in [0.1, 0.15) is 58.5 Å². The highest BCUT2D eigenvalue weighted by Gasteiger charge is 2.21. The van der Waals surface area contributed by atoms with E-state index in [1.165, 1.54) is 22.4 Å². The molecule has 1 aromatic heterocycles. The van der Waals surface area contributed by atoms with Gasteiger partial charge < -0.3 is 14.8 Å². The second kappa shape index (κ2) is 11.7. The molecule has 1 saturated heterocycles. The van der Waals surface area contributed by atoms with E-state index < -0.39 is 0 Å². The lowest BCUT2D eigenvalue weighted by atomic mass is 10.1. The van der Waals surface area contributed by atoms with Crippen LogP contribution in [0.2, 0.25) is 0 Å². The molecule has 0 bridgehead atoms. The number of rotatable bonds is 9. The molecule has 36 heavy (non-hydrogen) atoms. The summed E-state index contributed by atoms with van der Waals surface area (Å²) in [6, 6.07) is 15.0. The Balaban J connectivity index is 1.29. The molecule has 2 aromatic carbocycles. The highest BCUT2D eigenvalue weighted by Crippen LogP contribution is 2.24. The third kappa shape index (κ3) is 5.81. The molecule has 3 aromatic rings. The highest BCUT2D eigenvalue weighted by atomic mass is 16.1. The van der Waals surface area contributed by atoms with E-state index in [4.69, 9.17) is 4.98 Å². The van der Waals surface area contributed by atoms with Gasteiger partial charge in [0.2, 0.25) is 0 Å². The van der Waals surface area contributed by atoms with Gasteiger partial charge in [-0.2, -0.15) is 0 Å². The number of piperazine rings is 1. The van der Waals surface area contributed by atoms with Crippen molar-refractivity contribution < 1.29 is 4.79 Å². The molecule has 0 radical (unpaired) electrons. The van der Waals surface area contributed by atoms with Gasteiger partial charge in [0.25, 0.3) is 5.91 Å². The summed E-state index contributed by atoms with van der Waals surface area (Å²) in [5.41, 5.74) is 7.84. The zero-order valence-electron chi connectivity index (χ0n) is 22.6. The number of nitrogens with zero attached hydrogens (tertiary/aromatic N) is 4. The first-order chi connectivity index (χ1) is 17.4. The first-order valence-corrected chi connectivity index (χ1v) is 13.4. The molecule has 2 heterocycles. The Morgan fingerprint density at radius 2 is 1.69 bits per heavy atom. The van der Waals surface area contributed by atoms with Crippen LogP contribution in [-0.4, -0.2) is 59.6 Å². The van der Waals surface area contributed by atoms with Crippen LogP contribution in [0.15, 0.2) is 42.5 Å². The summed E-state index contributed by atoms with van der Waals surface area (Å²) in [6.07, 6.45) is 2.77. The van der Waals surface area contributed by atoms with E-state index in [9.17, 15) is 4.79 Å². The predicted molar refractivity (Wildman–Crippen MR) is 149 cm³/mol. The first kappa shape index (κ1) is 26.0. The van der Waals surface area contributed by atoms with Crippen molar-refractivity contribution in [3.63, 3.8) is 0 Å². The molecule has 1 amide bonds. The Kier molecular flexibility index (Phi) is 8.47. The Morgan fingerprint density at radius 3 is 2.39 bits per heavy atom. The molecule has 1 aliphatic heterocycles. The van der Waals surface area contributed by atoms with Gasteiger partial charge in [-0.1, -0.05) is 36.8 Å². The Hall–Kier alpha value is -3.12. The van der Waals surface area contributed by atoms with Crippen LogP contribution in [0.4, 0.5) is 5.69 Å². The molecule has 0 atom stereocenters. The van der Waals surface area contributed by atoms with Crippen molar-refractivity contribution >= 4 is 11.6 Å². The molecule has 0 unspecified atom stereocenters. The van der Waals surface area contributed by atoms with Gasteiger partial charge in [-0.3, -0.25) is 9.69 Å². The summed E-state index contributed by atoms with van der Waals surface area (Å²) in [7, 11) is 0. The van der Waals surface area contributed by atoms with E-state index in [0.29, 0.717) is 12.2 Å². The van der Waals surface area contributed by atoms with E-state index in [1.807, 2.05) is 6.92 Å². The summed E-state index contributed by atoms with van der Waals surface area (Å²) in [6.45, 7) is 16.5. The van der Waals surface area contributed by atoms with Crippen LogP contribution in [-0.2, 0) is 6.42 Å². The monoisotopic (exact) mass is 487 g/mol. The zero-order valence-corrected chi connectivity index (χ0v) is 22.6. The molecule has 1 aliphatic rings. The lowest BCUT2D eigenvalue weighted by Crippen LogP contribution is -2.47. The molecule has 6 heteroatoms. The van der Waals surface area contributed by atoms with E-state index in [1.54, 1.807) is 0 Å². The van der Waals surface area contributed by atoms with Gasteiger partial charge in [-0.25, -0.2) is 4.98 Å². The largest absolute Gasteiger partial charge is 0.369 e. The standard InChI is InChI=1S/C30H41N5O/c1-6-9-28-32-29(25(5)35(28)26-14-12-22(2)13-15-26)30(36)31-16-8-17-33-18-20-34(21-19-33)27-11-7-10-23(3)24(27)4/h7,10-15H,6,8-9,16-21H2,1-5H3,(H,31,36). The van der Waals surface area contributed by atoms with Crippen LogP contribution in [0.5, 0.6) is 0 Å². The average Bonchev–Trinajstić information content (AvgIpc) is 3.20. The topological polar surface area (TPSA) is 53.4 Å². The van der Waals surface area contributed by atoms with Gasteiger partial charge in [0, 0.05) is 50.5 Å². The Morgan fingerprint density at radius 1 is 0.972 bits per heavy atom. The third-order valence-electron chi connectivity index (χ3n) is 7.38. The van der Waals surface area contributed by atoms with Crippen LogP contribution >= 0.6 is 0 Å². The second-order valence-corrected chi connectivity index (χ2v) is 10.0. The first-order valence-electron chi connectivity index (χ1n) is 13.4. The van der Waals surface area contributed by atoms with Gasteiger partial charge in [-0.15, -0.1) is 0 Å². The smallest absolute Gasteiger partial charge is 0.271 e. The van der Waals surface area contributed by atoms with Crippen molar-refractivity contribution in [3.05, 3.63) is 76.4 Å². The molecular formula is C30H41N5O. The number of hydrogen-bond donors (Lipinski definition) is 1. The van der Waals surface area contributed by atoms with Gasteiger partial charge in [-0.05, 0) is 76.4 Å². The average molecular weight is 488 g/mol. The fourth-order valence-electron chi connectivity index (χ4n) is 5.08. The molecular weight excluding hydrogens is 446 g/mol. The molecule has 0 spiro atoms. The van der Waals surface area contributed by atoms with Crippen molar-refractivity contribution in [1.29, 1.82) is 0 Å². The number of aromatic nitrogens is 2. The van der Waals surface area contributed by atoms with Crippen LogP contribution < -0.4 is 10.2 Å². The molecule has 1 fully saturated rings. The maximum atomic E-state index is 13.0. The van der Waals surface area contributed by atoms with Crippen molar-refractivity contribution in [1.82, 2.24) is 19.8 Å². The fourth-order valence-corrected chi connectivity index (χ4v) is 5.08. The Bertz CT molecular complexity index is 1170. The number of hydrogen-bond acceptors (Lipinski definition) is 4. The van der Waals surface area contributed by atoms with E-state index in [2.05, 4.69) is 89.8 Å². The maximum absolute atomic E-state index is 13.0. The fraction of sp³-hybridized carbons (Fsp3) is 0.467. The zero-order chi connectivity index (χ0) is 25.7. The number of benzene rings is 2. The summed E-state index contributed by atoms with van der Waals surface area (Å²) < 4.78 is 2.13.